The minimum Gasteiger partial charge on any atom is -0.446 e. The lowest BCUT2D eigenvalue weighted by molar-refractivity contribution is -0.117. The summed E-state index contributed by atoms with van der Waals surface area (Å²) in [4.78, 5) is 22.0. The molecule has 0 aliphatic carbocycles. The van der Waals surface area contributed by atoms with Gasteiger partial charge < -0.3 is 14.8 Å². The molecule has 0 aliphatic heterocycles. The summed E-state index contributed by atoms with van der Waals surface area (Å²) in [5.74, 6) is 0.228. The number of alkyl carbamates (subject to hydrolysis) is 1. The molecule has 100 valence electrons. The van der Waals surface area contributed by atoms with Gasteiger partial charge in [-0.3, -0.25) is 0 Å². The molecule has 0 rings (SSSR count). The number of ketones is 1. The summed E-state index contributed by atoms with van der Waals surface area (Å²) in [6.45, 7) is 6.23. The monoisotopic (exact) mass is 243 g/mol. The Morgan fingerprint density at radius 3 is 2.29 bits per heavy atom. The summed E-state index contributed by atoms with van der Waals surface area (Å²) in [6, 6.07) is 0. The van der Waals surface area contributed by atoms with Crippen molar-refractivity contribution < 1.29 is 14.3 Å². The second-order valence-electron chi connectivity index (χ2n) is 4.28. The van der Waals surface area contributed by atoms with E-state index < -0.39 is 0 Å². The van der Waals surface area contributed by atoms with Crippen LogP contribution in [0.3, 0.4) is 0 Å². The van der Waals surface area contributed by atoms with Gasteiger partial charge >= 0.3 is 6.09 Å². The Labute approximate surface area is 104 Å². The molecule has 0 aromatic carbocycles. The van der Waals surface area contributed by atoms with Gasteiger partial charge in [0.05, 0.1) is 0 Å². The molecule has 1 amide bonds. The van der Waals surface area contributed by atoms with Crippen LogP contribution in [0.15, 0.2) is 0 Å². The summed E-state index contributed by atoms with van der Waals surface area (Å²) in [5.41, 5.74) is 0. The van der Waals surface area contributed by atoms with E-state index in [1.165, 1.54) is 0 Å². The van der Waals surface area contributed by atoms with E-state index >= 15 is 0 Å². The molecular weight excluding hydrogens is 218 g/mol. The Kier molecular flexibility index (Phi) is 9.49. The van der Waals surface area contributed by atoms with Gasteiger partial charge in [0.1, 0.15) is 11.9 Å². The second kappa shape index (κ2) is 10.1. The summed E-state index contributed by atoms with van der Waals surface area (Å²) < 4.78 is 5.19. The van der Waals surface area contributed by atoms with Gasteiger partial charge in [-0.05, 0) is 32.6 Å². The first-order chi connectivity index (χ1) is 8.10. The van der Waals surface area contributed by atoms with Crippen molar-refractivity contribution in [1.29, 1.82) is 0 Å². The molecule has 0 radical (unpaired) electrons. The van der Waals surface area contributed by atoms with E-state index in [2.05, 4.69) is 5.32 Å². The molecule has 4 heteroatoms. The van der Waals surface area contributed by atoms with Gasteiger partial charge in [-0.25, -0.2) is 4.79 Å². The fraction of sp³-hybridized carbons (Fsp3) is 0.846. The normalized spacial score (nSPS) is 10.4. The molecule has 0 atom stereocenters. The molecule has 0 spiro atoms. The zero-order valence-corrected chi connectivity index (χ0v) is 11.3. The van der Waals surface area contributed by atoms with E-state index in [1.807, 2.05) is 13.8 Å². The van der Waals surface area contributed by atoms with E-state index in [0.717, 1.165) is 32.1 Å². The number of carbonyl (C=O) groups excluding carboxylic acids is 2. The van der Waals surface area contributed by atoms with E-state index in [1.54, 1.807) is 6.92 Å². The number of carbonyl (C=O) groups is 2. The Hall–Kier alpha value is -1.06. The van der Waals surface area contributed by atoms with Gasteiger partial charge in [0.2, 0.25) is 0 Å². The average molecular weight is 243 g/mol. The van der Waals surface area contributed by atoms with Crippen molar-refractivity contribution in [1.82, 2.24) is 5.32 Å². The Bertz CT molecular complexity index is 225. The lowest BCUT2D eigenvalue weighted by atomic mass is 10.1. The third-order valence-electron chi connectivity index (χ3n) is 2.66. The first kappa shape index (κ1) is 15.9. The van der Waals surface area contributed by atoms with Gasteiger partial charge in [0.25, 0.3) is 0 Å². The smallest absolute Gasteiger partial charge is 0.407 e. The van der Waals surface area contributed by atoms with Gasteiger partial charge in [0, 0.05) is 13.0 Å². The van der Waals surface area contributed by atoms with Crippen molar-refractivity contribution in [3.05, 3.63) is 0 Å². The molecule has 4 nitrogen and oxygen atoms in total. The van der Waals surface area contributed by atoms with Crippen LogP contribution in [-0.2, 0) is 9.53 Å². The fourth-order valence-corrected chi connectivity index (χ4v) is 1.51. The van der Waals surface area contributed by atoms with Crippen LogP contribution in [0, 0.1) is 0 Å². The number of ether oxygens (including phenoxy) is 1. The molecule has 0 saturated heterocycles. The van der Waals surface area contributed by atoms with Crippen LogP contribution < -0.4 is 5.32 Å². The van der Waals surface area contributed by atoms with Crippen LogP contribution in [0.25, 0.3) is 0 Å². The molecule has 1 N–H and O–H groups in total. The maximum absolute atomic E-state index is 11.3. The minimum atomic E-state index is -0.328. The highest BCUT2D eigenvalue weighted by molar-refractivity contribution is 5.75. The molecule has 0 aromatic rings. The number of amides is 1. The zero-order valence-electron chi connectivity index (χ0n) is 11.3. The van der Waals surface area contributed by atoms with Crippen LogP contribution in [-0.4, -0.2) is 24.5 Å². The molecule has 0 aliphatic rings. The Morgan fingerprint density at radius 1 is 1.12 bits per heavy atom. The van der Waals surface area contributed by atoms with E-state index in [4.69, 9.17) is 4.74 Å². The number of hydrogen-bond donors (Lipinski definition) is 1. The Balaban J connectivity index is 3.42. The van der Waals surface area contributed by atoms with Crippen LogP contribution in [0.4, 0.5) is 4.79 Å². The number of nitrogens with one attached hydrogen (secondary N) is 1. The minimum absolute atomic E-state index is 0.0210. The standard InChI is InChI=1S/C13H25NO3/c1-4-12(5-2)17-13(16)14-10-8-6-7-9-11(3)15/h12H,4-10H2,1-3H3,(H,14,16). The van der Waals surface area contributed by atoms with Crippen molar-refractivity contribution in [2.75, 3.05) is 6.54 Å². The summed E-state index contributed by atoms with van der Waals surface area (Å²) >= 11 is 0. The first-order valence-corrected chi connectivity index (χ1v) is 6.54. The SMILES string of the molecule is CCC(CC)OC(=O)NCCCCCC(C)=O. The second-order valence-corrected chi connectivity index (χ2v) is 4.28. The predicted octanol–water partition coefficient (Wildman–Crippen LogP) is 3.05. The number of unbranched alkanes of at least 4 members (excludes halogenated alkanes) is 2. The molecule has 17 heavy (non-hydrogen) atoms. The third-order valence-corrected chi connectivity index (χ3v) is 2.66. The summed E-state index contributed by atoms with van der Waals surface area (Å²) in [7, 11) is 0. The topological polar surface area (TPSA) is 55.4 Å². The maximum Gasteiger partial charge on any atom is 0.407 e. The van der Waals surface area contributed by atoms with Crippen LogP contribution in [0.2, 0.25) is 0 Å². The molecule has 0 aromatic heterocycles. The quantitative estimate of drug-likeness (QED) is 0.633. The predicted molar refractivity (Wildman–Crippen MR) is 68.0 cm³/mol. The molecule has 0 saturated carbocycles. The van der Waals surface area contributed by atoms with E-state index in [9.17, 15) is 9.59 Å². The van der Waals surface area contributed by atoms with E-state index in [0.29, 0.717) is 13.0 Å². The van der Waals surface area contributed by atoms with Gasteiger partial charge in [-0.2, -0.15) is 0 Å². The number of rotatable bonds is 9. The van der Waals surface area contributed by atoms with Gasteiger partial charge in [-0.15, -0.1) is 0 Å². The Morgan fingerprint density at radius 2 is 1.76 bits per heavy atom. The zero-order chi connectivity index (χ0) is 13.1. The highest BCUT2D eigenvalue weighted by Gasteiger charge is 2.09. The largest absolute Gasteiger partial charge is 0.446 e. The highest BCUT2D eigenvalue weighted by Crippen LogP contribution is 2.03. The highest BCUT2D eigenvalue weighted by atomic mass is 16.6. The van der Waals surface area contributed by atoms with Crippen molar-refractivity contribution in [2.45, 2.75) is 65.4 Å². The molecule has 0 bridgehead atoms. The molecule has 0 fully saturated rings. The number of Topliss-reactive ketones (excluding diaryl/α,β-unsaturated/α-hetero) is 1. The first-order valence-electron chi connectivity index (χ1n) is 6.54. The summed E-state index contributed by atoms with van der Waals surface area (Å²) in [5, 5.41) is 2.72. The van der Waals surface area contributed by atoms with E-state index in [-0.39, 0.29) is 18.0 Å². The van der Waals surface area contributed by atoms with Gasteiger partial charge in [-0.1, -0.05) is 20.3 Å². The molecular formula is C13H25NO3. The van der Waals surface area contributed by atoms with Crippen LogP contribution in [0.5, 0.6) is 0 Å². The average Bonchev–Trinajstić information content (AvgIpc) is 2.30. The van der Waals surface area contributed by atoms with Gasteiger partial charge in [0.15, 0.2) is 0 Å². The van der Waals surface area contributed by atoms with Crippen LogP contribution >= 0.6 is 0 Å². The maximum atomic E-state index is 11.3. The number of hydrogen-bond acceptors (Lipinski definition) is 3. The van der Waals surface area contributed by atoms with Crippen molar-refractivity contribution >= 4 is 11.9 Å². The lowest BCUT2D eigenvalue weighted by Crippen LogP contribution is -2.29. The molecule has 0 heterocycles. The van der Waals surface area contributed by atoms with Crippen LogP contribution in [0.1, 0.15) is 59.3 Å². The van der Waals surface area contributed by atoms with Crippen molar-refractivity contribution in [2.24, 2.45) is 0 Å². The lowest BCUT2D eigenvalue weighted by Gasteiger charge is -2.14. The summed E-state index contributed by atoms with van der Waals surface area (Å²) in [6.07, 6.45) is 4.79. The fourth-order valence-electron chi connectivity index (χ4n) is 1.51. The van der Waals surface area contributed by atoms with Crippen molar-refractivity contribution in [3.8, 4) is 0 Å². The third kappa shape index (κ3) is 9.85. The van der Waals surface area contributed by atoms with Crippen molar-refractivity contribution in [3.63, 3.8) is 0 Å². The molecule has 0 unspecified atom stereocenters.